The summed E-state index contributed by atoms with van der Waals surface area (Å²) in [5.41, 5.74) is 0.0773. The molecule has 1 aliphatic rings. The second-order valence-electron chi connectivity index (χ2n) is 5.62. The van der Waals surface area contributed by atoms with Gasteiger partial charge in [-0.3, -0.25) is 9.59 Å². The van der Waals surface area contributed by atoms with Crippen LogP contribution in [-0.2, 0) is 14.3 Å². The summed E-state index contributed by atoms with van der Waals surface area (Å²) in [5, 5.41) is 0. The average Bonchev–Trinajstić information content (AvgIpc) is 2.60. The third-order valence-electron chi connectivity index (χ3n) is 3.98. The van der Waals surface area contributed by atoms with Gasteiger partial charge in [-0.05, 0) is 19.1 Å². The van der Waals surface area contributed by atoms with E-state index in [9.17, 15) is 18.8 Å². The number of hydrogen-bond donors (Lipinski definition) is 0. The number of anilines is 1. The molecular weight excluding hydrogens is 329 g/mol. The van der Waals surface area contributed by atoms with E-state index < -0.39 is 17.8 Å². The van der Waals surface area contributed by atoms with E-state index in [0.29, 0.717) is 32.8 Å². The number of ether oxygens (including phenoxy) is 1. The second-order valence-corrected chi connectivity index (χ2v) is 5.62. The Balaban J connectivity index is 1.98. The maximum absolute atomic E-state index is 13.9. The predicted molar refractivity (Wildman–Crippen MR) is 89.6 cm³/mol. The highest BCUT2D eigenvalue weighted by molar-refractivity contribution is 5.97. The molecule has 1 aromatic carbocycles. The van der Waals surface area contributed by atoms with Crippen LogP contribution in [0.15, 0.2) is 24.3 Å². The summed E-state index contributed by atoms with van der Waals surface area (Å²) in [7, 11) is 0. The molecule has 0 saturated carbocycles. The summed E-state index contributed by atoms with van der Waals surface area (Å²) < 4.78 is 18.9. The normalized spacial score (nSPS) is 14.2. The van der Waals surface area contributed by atoms with Crippen LogP contribution in [0.3, 0.4) is 0 Å². The fourth-order valence-electron chi connectivity index (χ4n) is 2.63. The first-order valence-electron chi connectivity index (χ1n) is 8.16. The Morgan fingerprint density at radius 3 is 2.28 bits per heavy atom. The van der Waals surface area contributed by atoms with Crippen LogP contribution in [0.4, 0.5) is 14.9 Å². The lowest BCUT2D eigenvalue weighted by molar-refractivity contribution is -0.132. The molecule has 3 amide bonds. The second kappa shape index (κ2) is 8.46. The van der Waals surface area contributed by atoms with E-state index in [2.05, 4.69) is 0 Å². The average molecular weight is 351 g/mol. The molecule has 136 valence electrons. The first kappa shape index (κ1) is 18.7. The van der Waals surface area contributed by atoms with E-state index >= 15 is 0 Å². The van der Waals surface area contributed by atoms with Crippen molar-refractivity contribution < 1.29 is 23.5 Å². The van der Waals surface area contributed by atoms with Crippen LogP contribution in [0.1, 0.15) is 13.8 Å². The highest BCUT2D eigenvalue weighted by Gasteiger charge is 2.27. The first-order chi connectivity index (χ1) is 11.9. The Bertz CT molecular complexity index is 645. The molecule has 0 unspecified atom stereocenters. The van der Waals surface area contributed by atoms with Crippen molar-refractivity contribution in [1.29, 1.82) is 0 Å². The van der Waals surface area contributed by atoms with Crippen LogP contribution < -0.4 is 4.90 Å². The van der Waals surface area contributed by atoms with Gasteiger partial charge >= 0.3 is 6.09 Å². The van der Waals surface area contributed by atoms with E-state index in [1.165, 1.54) is 30.0 Å². The van der Waals surface area contributed by atoms with Crippen LogP contribution in [-0.4, -0.2) is 67.0 Å². The van der Waals surface area contributed by atoms with Gasteiger partial charge in [0.05, 0.1) is 12.3 Å². The third-order valence-corrected chi connectivity index (χ3v) is 3.98. The highest BCUT2D eigenvalue weighted by atomic mass is 19.1. The van der Waals surface area contributed by atoms with Crippen molar-refractivity contribution in [1.82, 2.24) is 9.80 Å². The maximum atomic E-state index is 13.9. The van der Waals surface area contributed by atoms with Crippen molar-refractivity contribution in [3.8, 4) is 0 Å². The van der Waals surface area contributed by atoms with Gasteiger partial charge in [-0.1, -0.05) is 12.1 Å². The topological polar surface area (TPSA) is 70.2 Å². The minimum Gasteiger partial charge on any atom is -0.450 e. The Kier molecular flexibility index (Phi) is 6.32. The van der Waals surface area contributed by atoms with Crippen LogP contribution in [0.25, 0.3) is 0 Å². The molecule has 1 saturated heterocycles. The first-order valence-corrected chi connectivity index (χ1v) is 8.16. The molecule has 0 radical (unpaired) electrons. The molecule has 0 atom stereocenters. The Morgan fingerprint density at radius 2 is 1.72 bits per heavy atom. The van der Waals surface area contributed by atoms with Crippen LogP contribution in [0.2, 0.25) is 0 Å². The molecule has 25 heavy (non-hydrogen) atoms. The summed E-state index contributed by atoms with van der Waals surface area (Å²) in [6.45, 7) is 4.51. The van der Waals surface area contributed by atoms with Gasteiger partial charge in [0.15, 0.2) is 0 Å². The molecule has 8 heteroatoms. The number of piperazine rings is 1. The number of benzene rings is 1. The van der Waals surface area contributed by atoms with E-state index in [4.69, 9.17) is 4.74 Å². The minimum absolute atomic E-state index is 0.0773. The van der Waals surface area contributed by atoms with Gasteiger partial charge in [-0.25, -0.2) is 9.18 Å². The van der Waals surface area contributed by atoms with Crippen molar-refractivity contribution >= 4 is 23.6 Å². The Hall–Kier alpha value is -2.64. The summed E-state index contributed by atoms with van der Waals surface area (Å²) in [5.74, 6) is -1.26. The summed E-state index contributed by atoms with van der Waals surface area (Å²) in [6.07, 6.45) is -0.397. The molecule has 1 aromatic rings. The number of nitrogens with zero attached hydrogens (tertiary/aromatic N) is 3. The zero-order chi connectivity index (χ0) is 18.4. The van der Waals surface area contributed by atoms with Crippen LogP contribution in [0, 0.1) is 5.82 Å². The lowest BCUT2D eigenvalue weighted by atomic mass is 10.2. The molecular formula is C17H22FN3O4. The number of halogens is 1. The smallest absolute Gasteiger partial charge is 0.409 e. The van der Waals surface area contributed by atoms with Crippen molar-refractivity contribution in [3.63, 3.8) is 0 Å². The molecule has 1 fully saturated rings. The molecule has 2 rings (SSSR count). The zero-order valence-corrected chi connectivity index (χ0v) is 14.4. The van der Waals surface area contributed by atoms with Crippen LogP contribution in [0.5, 0.6) is 0 Å². The largest absolute Gasteiger partial charge is 0.450 e. The standard InChI is InChI=1S/C17H22FN3O4/c1-3-25-17(24)20-10-8-19(9-11-20)16(23)12-21(13(2)22)15-7-5-4-6-14(15)18/h4-7H,3,8-12H2,1-2H3. The number of rotatable bonds is 4. The molecule has 0 bridgehead atoms. The monoisotopic (exact) mass is 351 g/mol. The quantitative estimate of drug-likeness (QED) is 0.824. The molecule has 0 aromatic heterocycles. The third kappa shape index (κ3) is 4.68. The Labute approximate surface area is 145 Å². The van der Waals surface area contributed by atoms with Gasteiger partial charge in [-0.2, -0.15) is 0 Å². The molecule has 0 spiro atoms. The predicted octanol–water partition coefficient (Wildman–Crippen LogP) is 1.48. The van der Waals surface area contributed by atoms with Gasteiger partial charge < -0.3 is 19.4 Å². The molecule has 0 aliphatic carbocycles. The van der Waals surface area contributed by atoms with E-state index in [-0.39, 0.29) is 18.1 Å². The van der Waals surface area contributed by atoms with Gasteiger partial charge in [-0.15, -0.1) is 0 Å². The number of para-hydroxylation sites is 1. The number of carbonyl (C=O) groups is 3. The Morgan fingerprint density at radius 1 is 1.12 bits per heavy atom. The van der Waals surface area contributed by atoms with Gasteiger partial charge in [0.25, 0.3) is 0 Å². The highest BCUT2D eigenvalue weighted by Crippen LogP contribution is 2.19. The molecule has 1 heterocycles. The fourth-order valence-corrected chi connectivity index (χ4v) is 2.63. The van der Waals surface area contributed by atoms with Crippen LogP contribution >= 0.6 is 0 Å². The van der Waals surface area contributed by atoms with Gasteiger partial charge in [0.2, 0.25) is 11.8 Å². The lowest BCUT2D eigenvalue weighted by Gasteiger charge is -2.35. The zero-order valence-electron chi connectivity index (χ0n) is 14.4. The SMILES string of the molecule is CCOC(=O)N1CCN(C(=O)CN(C(C)=O)c2ccccc2F)CC1. The number of amides is 3. The van der Waals surface area contributed by atoms with Gasteiger partial charge in [0, 0.05) is 33.1 Å². The van der Waals surface area contributed by atoms with E-state index in [1.807, 2.05) is 0 Å². The van der Waals surface area contributed by atoms with Crippen molar-refractivity contribution in [3.05, 3.63) is 30.1 Å². The van der Waals surface area contributed by atoms with Gasteiger partial charge in [0.1, 0.15) is 12.4 Å². The molecule has 7 nitrogen and oxygen atoms in total. The lowest BCUT2D eigenvalue weighted by Crippen LogP contribution is -2.53. The minimum atomic E-state index is -0.558. The number of hydrogen-bond acceptors (Lipinski definition) is 4. The summed E-state index contributed by atoms with van der Waals surface area (Å²) >= 11 is 0. The van der Waals surface area contributed by atoms with E-state index in [1.54, 1.807) is 17.9 Å². The maximum Gasteiger partial charge on any atom is 0.409 e. The van der Waals surface area contributed by atoms with Crippen molar-refractivity contribution in [2.45, 2.75) is 13.8 Å². The van der Waals surface area contributed by atoms with Crippen molar-refractivity contribution in [2.75, 3.05) is 44.2 Å². The fraction of sp³-hybridized carbons (Fsp3) is 0.471. The molecule has 1 aliphatic heterocycles. The number of carbonyl (C=O) groups excluding carboxylic acids is 3. The molecule has 0 N–H and O–H groups in total. The van der Waals surface area contributed by atoms with Crippen molar-refractivity contribution in [2.24, 2.45) is 0 Å². The van der Waals surface area contributed by atoms with E-state index in [0.717, 1.165) is 4.90 Å². The summed E-state index contributed by atoms with van der Waals surface area (Å²) in [6, 6.07) is 5.83. The summed E-state index contributed by atoms with van der Waals surface area (Å²) in [4.78, 5) is 40.2.